The molecule has 1 aromatic rings. The maximum absolute atomic E-state index is 12.5. The molecule has 158 valence electrons. The Kier molecular flexibility index (Phi) is 11.4. The molecule has 2 heterocycles. The third-order valence-electron chi connectivity index (χ3n) is 5.33. The number of aromatic nitrogens is 1. The van der Waals surface area contributed by atoms with Crippen molar-refractivity contribution in [3.05, 3.63) is 29.6 Å². The number of halogens is 1. The van der Waals surface area contributed by atoms with E-state index in [-0.39, 0.29) is 29.9 Å². The molecule has 1 aliphatic rings. The minimum Gasteiger partial charge on any atom is -0.357 e. The molecule has 1 fully saturated rings. The molecule has 0 atom stereocenters. The molecule has 0 bridgehead atoms. The number of guanidine groups is 1. The highest BCUT2D eigenvalue weighted by Gasteiger charge is 2.26. The van der Waals surface area contributed by atoms with Crippen LogP contribution in [0.25, 0.3) is 0 Å². The second kappa shape index (κ2) is 13.0. The van der Waals surface area contributed by atoms with E-state index in [1.807, 2.05) is 17.2 Å². The van der Waals surface area contributed by atoms with E-state index in [9.17, 15) is 4.79 Å². The summed E-state index contributed by atoms with van der Waals surface area (Å²) in [6.45, 7) is 11.4. The third kappa shape index (κ3) is 7.22. The molecule has 2 rings (SSSR count). The molecule has 0 aliphatic carbocycles. The zero-order valence-corrected chi connectivity index (χ0v) is 20.0. The van der Waals surface area contributed by atoms with Crippen LogP contribution >= 0.6 is 24.0 Å². The highest BCUT2D eigenvalue weighted by molar-refractivity contribution is 14.0. The Morgan fingerprint density at radius 1 is 1.29 bits per heavy atom. The van der Waals surface area contributed by atoms with Gasteiger partial charge in [0.25, 0.3) is 0 Å². The maximum atomic E-state index is 12.5. The van der Waals surface area contributed by atoms with Crippen molar-refractivity contribution >= 4 is 35.8 Å². The van der Waals surface area contributed by atoms with Gasteiger partial charge in [0.2, 0.25) is 5.91 Å². The van der Waals surface area contributed by atoms with Crippen molar-refractivity contribution < 1.29 is 4.79 Å². The van der Waals surface area contributed by atoms with Gasteiger partial charge in [-0.1, -0.05) is 19.9 Å². The van der Waals surface area contributed by atoms with Crippen LogP contribution in [0.3, 0.4) is 0 Å². The number of piperidine rings is 1. The zero-order valence-electron chi connectivity index (χ0n) is 17.7. The molecule has 7 heteroatoms. The fourth-order valence-electron chi connectivity index (χ4n) is 3.49. The van der Waals surface area contributed by atoms with Crippen LogP contribution in [0.1, 0.15) is 57.7 Å². The fourth-order valence-corrected chi connectivity index (χ4v) is 3.49. The highest BCUT2D eigenvalue weighted by Crippen LogP contribution is 2.17. The lowest BCUT2D eigenvalue weighted by atomic mass is 9.98. The van der Waals surface area contributed by atoms with Crippen molar-refractivity contribution in [3.63, 3.8) is 0 Å². The summed E-state index contributed by atoms with van der Waals surface area (Å²) in [5.41, 5.74) is 2.16. The molecular formula is C21H36IN5O. The highest BCUT2D eigenvalue weighted by atomic mass is 127. The van der Waals surface area contributed by atoms with Gasteiger partial charge in [-0.25, -0.2) is 4.99 Å². The number of carbonyl (C=O) groups excluding carboxylic acids is 1. The van der Waals surface area contributed by atoms with Crippen LogP contribution in [-0.4, -0.2) is 47.4 Å². The number of pyridine rings is 1. The summed E-state index contributed by atoms with van der Waals surface area (Å²) in [5, 5.41) is 6.86. The van der Waals surface area contributed by atoms with Gasteiger partial charge >= 0.3 is 0 Å². The molecule has 1 saturated heterocycles. The predicted octanol–water partition coefficient (Wildman–Crippen LogP) is 3.49. The molecule has 0 unspecified atom stereocenters. The number of amides is 1. The summed E-state index contributed by atoms with van der Waals surface area (Å²) >= 11 is 0. The predicted molar refractivity (Wildman–Crippen MR) is 126 cm³/mol. The van der Waals surface area contributed by atoms with Gasteiger partial charge in [-0.3, -0.25) is 9.78 Å². The maximum Gasteiger partial charge on any atom is 0.225 e. The standard InChI is InChI=1S/C21H35N5O.HI/c1-5-17(6-2)20(27)26-13-10-18(11-14-26)25-21(22-7-3)24-15-19-16(4)9-8-12-23-19;/h8-9,12,17-18H,5-7,10-11,13-15H2,1-4H3,(H2,22,24,25);1H. The average Bonchev–Trinajstić information content (AvgIpc) is 2.69. The largest absolute Gasteiger partial charge is 0.357 e. The Bertz CT molecular complexity index is 625. The number of nitrogens with one attached hydrogen (secondary N) is 2. The number of hydrogen-bond donors (Lipinski definition) is 2. The molecule has 2 N–H and O–H groups in total. The normalized spacial score (nSPS) is 15.3. The Morgan fingerprint density at radius 2 is 1.96 bits per heavy atom. The first-order chi connectivity index (χ1) is 13.1. The molecule has 28 heavy (non-hydrogen) atoms. The number of nitrogens with zero attached hydrogens (tertiary/aromatic N) is 3. The van der Waals surface area contributed by atoms with E-state index in [0.29, 0.717) is 18.5 Å². The van der Waals surface area contributed by atoms with Crippen molar-refractivity contribution in [1.29, 1.82) is 0 Å². The van der Waals surface area contributed by atoms with E-state index in [2.05, 4.69) is 49.4 Å². The first kappa shape index (κ1) is 24.7. The smallest absolute Gasteiger partial charge is 0.225 e. The monoisotopic (exact) mass is 501 g/mol. The molecule has 0 aromatic carbocycles. The molecule has 0 radical (unpaired) electrons. The van der Waals surface area contributed by atoms with Crippen molar-refractivity contribution in [3.8, 4) is 0 Å². The van der Waals surface area contributed by atoms with Gasteiger partial charge in [-0.2, -0.15) is 0 Å². The molecule has 1 amide bonds. The summed E-state index contributed by atoms with van der Waals surface area (Å²) in [6, 6.07) is 4.35. The molecule has 6 nitrogen and oxygen atoms in total. The van der Waals surface area contributed by atoms with E-state index in [0.717, 1.165) is 62.5 Å². The molecule has 1 aromatic heterocycles. The van der Waals surface area contributed by atoms with E-state index >= 15 is 0 Å². The van der Waals surface area contributed by atoms with E-state index in [1.165, 1.54) is 0 Å². The van der Waals surface area contributed by atoms with Crippen molar-refractivity contribution in [2.24, 2.45) is 10.9 Å². The Hall–Kier alpha value is -1.38. The lowest BCUT2D eigenvalue weighted by Gasteiger charge is -2.34. The SMILES string of the molecule is CCNC(=NCc1ncccc1C)NC1CCN(C(=O)C(CC)CC)CC1.I. The van der Waals surface area contributed by atoms with Crippen LogP contribution < -0.4 is 10.6 Å². The summed E-state index contributed by atoms with van der Waals surface area (Å²) < 4.78 is 0. The van der Waals surface area contributed by atoms with Crippen molar-refractivity contribution in [2.45, 2.75) is 66.0 Å². The van der Waals surface area contributed by atoms with Crippen molar-refractivity contribution in [2.75, 3.05) is 19.6 Å². The Balaban J connectivity index is 0.00000392. The van der Waals surface area contributed by atoms with Crippen LogP contribution in [0, 0.1) is 12.8 Å². The minimum atomic E-state index is 0. The first-order valence-corrected chi connectivity index (χ1v) is 10.3. The average molecular weight is 501 g/mol. The summed E-state index contributed by atoms with van der Waals surface area (Å²) in [5.74, 6) is 1.33. The quantitative estimate of drug-likeness (QED) is 0.341. The second-order valence-electron chi connectivity index (χ2n) is 7.22. The van der Waals surface area contributed by atoms with Crippen LogP contribution in [-0.2, 0) is 11.3 Å². The van der Waals surface area contributed by atoms with Crippen LogP contribution in [0.5, 0.6) is 0 Å². The lowest BCUT2D eigenvalue weighted by molar-refractivity contribution is -0.136. The summed E-state index contributed by atoms with van der Waals surface area (Å²) in [6.07, 6.45) is 5.58. The fraction of sp³-hybridized carbons (Fsp3) is 0.667. The number of rotatable bonds is 7. The molecule has 0 spiro atoms. The second-order valence-corrected chi connectivity index (χ2v) is 7.22. The lowest BCUT2D eigenvalue weighted by Crippen LogP contribution is -2.50. The number of aryl methyl sites for hydroxylation is 1. The molecule has 0 saturated carbocycles. The topological polar surface area (TPSA) is 69.6 Å². The molecule has 1 aliphatic heterocycles. The van der Waals surface area contributed by atoms with E-state index in [1.54, 1.807) is 0 Å². The number of carbonyl (C=O) groups is 1. The van der Waals surface area contributed by atoms with Crippen LogP contribution in [0.2, 0.25) is 0 Å². The van der Waals surface area contributed by atoms with Crippen LogP contribution in [0.15, 0.2) is 23.3 Å². The van der Waals surface area contributed by atoms with Gasteiger partial charge in [-0.15, -0.1) is 24.0 Å². The van der Waals surface area contributed by atoms with Crippen molar-refractivity contribution in [1.82, 2.24) is 20.5 Å². The van der Waals surface area contributed by atoms with Gasteiger partial charge in [0, 0.05) is 37.8 Å². The molecular weight excluding hydrogens is 465 g/mol. The van der Waals surface area contributed by atoms with E-state index in [4.69, 9.17) is 4.99 Å². The summed E-state index contributed by atoms with van der Waals surface area (Å²) in [4.78, 5) is 23.7. The Morgan fingerprint density at radius 3 is 2.54 bits per heavy atom. The van der Waals surface area contributed by atoms with Gasteiger partial charge in [0.05, 0.1) is 12.2 Å². The number of aliphatic imine (C=N–C) groups is 1. The minimum absolute atomic E-state index is 0. The van der Waals surface area contributed by atoms with Gasteiger partial charge < -0.3 is 15.5 Å². The number of hydrogen-bond acceptors (Lipinski definition) is 3. The number of likely N-dealkylation sites (tertiary alicyclic amines) is 1. The van der Waals surface area contributed by atoms with Gasteiger partial charge in [0.15, 0.2) is 5.96 Å². The van der Waals surface area contributed by atoms with Gasteiger partial charge in [0.1, 0.15) is 0 Å². The summed E-state index contributed by atoms with van der Waals surface area (Å²) in [7, 11) is 0. The Labute approximate surface area is 187 Å². The third-order valence-corrected chi connectivity index (χ3v) is 5.33. The zero-order chi connectivity index (χ0) is 19.6. The van der Waals surface area contributed by atoms with Gasteiger partial charge in [-0.05, 0) is 51.2 Å². The first-order valence-electron chi connectivity index (χ1n) is 10.3. The van der Waals surface area contributed by atoms with Crippen LogP contribution in [0.4, 0.5) is 0 Å². The van der Waals surface area contributed by atoms with E-state index < -0.39 is 0 Å².